The molecule has 4 aromatic rings. The molecule has 1 saturated heterocycles. The van der Waals surface area contributed by atoms with Gasteiger partial charge in [-0.3, -0.25) is 14.0 Å². The number of aryl methyl sites for hydroxylation is 1. The highest BCUT2D eigenvalue weighted by molar-refractivity contribution is 7.99. The number of rotatable bonds is 4. The van der Waals surface area contributed by atoms with E-state index in [4.69, 9.17) is 4.42 Å². The Morgan fingerprint density at radius 3 is 2.58 bits per heavy atom. The molecule has 4 heterocycles. The molecule has 5 rings (SSSR count). The summed E-state index contributed by atoms with van der Waals surface area (Å²) in [5.74, 6) is 0.498. The maximum atomic E-state index is 12.8. The lowest BCUT2D eigenvalue weighted by Gasteiger charge is -2.34. The number of furan rings is 1. The van der Waals surface area contributed by atoms with Crippen LogP contribution >= 0.6 is 11.8 Å². The van der Waals surface area contributed by atoms with Crippen LogP contribution in [0.4, 0.5) is 0 Å². The number of aromatic nitrogens is 3. The first kappa shape index (κ1) is 19.6. The van der Waals surface area contributed by atoms with E-state index in [1.807, 2.05) is 28.7 Å². The van der Waals surface area contributed by atoms with Crippen LogP contribution in [-0.4, -0.2) is 68.1 Å². The van der Waals surface area contributed by atoms with E-state index < -0.39 is 0 Å². The second kappa shape index (κ2) is 8.07. The number of amides is 2. The van der Waals surface area contributed by atoms with Crippen LogP contribution in [0.5, 0.6) is 0 Å². The summed E-state index contributed by atoms with van der Waals surface area (Å²) in [5.41, 5.74) is 2.95. The first-order valence-corrected chi connectivity index (χ1v) is 11.1. The third kappa shape index (κ3) is 3.65. The van der Waals surface area contributed by atoms with Crippen LogP contribution < -0.4 is 0 Å². The molecular formula is C22H21N5O3S. The number of hydrogen-bond donors (Lipinski definition) is 0. The number of fused-ring (bicyclic) bond motifs is 3. The van der Waals surface area contributed by atoms with E-state index in [2.05, 4.69) is 23.2 Å². The Bertz CT molecular complexity index is 1260. The van der Waals surface area contributed by atoms with Gasteiger partial charge < -0.3 is 14.2 Å². The van der Waals surface area contributed by atoms with Crippen molar-refractivity contribution >= 4 is 40.1 Å². The lowest BCUT2D eigenvalue weighted by molar-refractivity contribution is -0.129. The molecule has 0 bridgehead atoms. The number of carbonyl (C=O) groups excluding carboxylic acids is 2. The lowest BCUT2D eigenvalue weighted by atomic mass is 10.1. The predicted octanol–water partition coefficient (Wildman–Crippen LogP) is 2.86. The summed E-state index contributed by atoms with van der Waals surface area (Å²) >= 11 is 1.39. The standard InChI is InChI=1S/C22H21N5O3S/c1-15-13-19-23-24-22(27(19)17-6-3-2-5-16(15)17)31-14-20(28)25-8-10-26(11-9-25)21(29)18-7-4-12-30-18/h2-7,12-13H,8-11,14H2,1H3. The zero-order valence-corrected chi connectivity index (χ0v) is 17.8. The van der Waals surface area contributed by atoms with Crippen LogP contribution in [0.15, 0.2) is 58.3 Å². The Morgan fingerprint density at radius 1 is 1.03 bits per heavy atom. The van der Waals surface area contributed by atoms with Crippen molar-refractivity contribution in [2.75, 3.05) is 31.9 Å². The van der Waals surface area contributed by atoms with E-state index in [0.29, 0.717) is 37.1 Å². The Hall–Kier alpha value is -3.33. The van der Waals surface area contributed by atoms with Gasteiger partial charge >= 0.3 is 0 Å². The van der Waals surface area contributed by atoms with E-state index >= 15 is 0 Å². The number of thioether (sulfide) groups is 1. The molecule has 9 heteroatoms. The van der Waals surface area contributed by atoms with Crippen molar-refractivity contribution in [3.05, 3.63) is 60.1 Å². The summed E-state index contributed by atoms with van der Waals surface area (Å²) < 4.78 is 7.19. The number of piperazine rings is 1. The van der Waals surface area contributed by atoms with Gasteiger partial charge in [-0.15, -0.1) is 10.2 Å². The smallest absolute Gasteiger partial charge is 0.289 e. The highest BCUT2D eigenvalue weighted by atomic mass is 32.2. The van der Waals surface area contributed by atoms with Crippen LogP contribution in [0.2, 0.25) is 0 Å². The van der Waals surface area contributed by atoms with Crippen molar-refractivity contribution in [3.8, 4) is 0 Å². The van der Waals surface area contributed by atoms with E-state index in [0.717, 1.165) is 22.1 Å². The summed E-state index contributed by atoms with van der Waals surface area (Å²) in [6.45, 7) is 4.06. The average molecular weight is 436 g/mol. The summed E-state index contributed by atoms with van der Waals surface area (Å²) in [7, 11) is 0. The number of benzene rings is 1. The Labute approximate surface area is 182 Å². The van der Waals surface area contributed by atoms with Crippen molar-refractivity contribution in [1.82, 2.24) is 24.4 Å². The van der Waals surface area contributed by atoms with E-state index in [-0.39, 0.29) is 17.6 Å². The fourth-order valence-electron chi connectivity index (χ4n) is 3.90. The van der Waals surface area contributed by atoms with E-state index in [9.17, 15) is 9.59 Å². The highest BCUT2D eigenvalue weighted by Gasteiger charge is 2.26. The molecule has 0 N–H and O–H groups in total. The molecule has 31 heavy (non-hydrogen) atoms. The molecule has 0 radical (unpaired) electrons. The summed E-state index contributed by atoms with van der Waals surface area (Å²) in [5, 5.41) is 10.4. The van der Waals surface area contributed by atoms with Gasteiger partial charge in [-0.1, -0.05) is 30.0 Å². The number of nitrogens with zero attached hydrogens (tertiary/aromatic N) is 5. The first-order chi connectivity index (χ1) is 15.1. The molecule has 1 aliphatic rings. The summed E-state index contributed by atoms with van der Waals surface area (Å²) in [6, 6.07) is 13.5. The van der Waals surface area contributed by atoms with Crippen molar-refractivity contribution in [2.24, 2.45) is 0 Å². The van der Waals surface area contributed by atoms with Gasteiger partial charge in [0.2, 0.25) is 5.91 Å². The van der Waals surface area contributed by atoms with Crippen molar-refractivity contribution in [2.45, 2.75) is 12.1 Å². The van der Waals surface area contributed by atoms with Crippen molar-refractivity contribution in [1.29, 1.82) is 0 Å². The zero-order valence-electron chi connectivity index (χ0n) is 17.0. The summed E-state index contributed by atoms with van der Waals surface area (Å²) in [4.78, 5) is 28.7. The molecule has 1 aromatic carbocycles. The number of pyridine rings is 1. The predicted molar refractivity (Wildman–Crippen MR) is 117 cm³/mol. The Morgan fingerprint density at radius 2 is 1.81 bits per heavy atom. The maximum absolute atomic E-state index is 12.8. The molecule has 1 fully saturated rings. The Kier molecular flexibility index (Phi) is 5.11. The van der Waals surface area contributed by atoms with Gasteiger partial charge in [0.15, 0.2) is 16.6 Å². The minimum atomic E-state index is -0.136. The van der Waals surface area contributed by atoms with Crippen LogP contribution in [0.3, 0.4) is 0 Å². The molecule has 8 nitrogen and oxygen atoms in total. The Balaban J connectivity index is 1.25. The van der Waals surface area contributed by atoms with Crippen LogP contribution in [-0.2, 0) is 4.79 Å². The number of hydrogen-bond acceptors (Lipinski definition) is 6. The van der Waals surface area contributed by atoms with Crippen molar-refractivity contribution in [3.63, 3.8) is 0 Å². The molecule has 0 saturated carbocycles. The fourth-order valence-corrected chi connectivity index (χ4v) is 4.76. The van der Waals surface area contributed by atoms with E-state index in [1.165, 1.54) is 18.0 Å². The van der Waals surface area contributed by atoms with Gasteiger partial charge in [0.1, 0.15) is 0 Å². The molecular weight excluding hydrogens is 414 g/mol. The fraction of sp³-hybridized carbons (Fsp3) is 0.273. The molecule has 2 amide bonds. The van der Waals surface area contributed by atoms with E-state index in [1.54, 1.807) is 21.9 Å². The quantitative estimate of drug-likeness (QED) is 0.459. The number of para-hydroxylation sites is 1. The van der Waals surface area contributed by atoms with Crippen LogP contribution in [0.1, 0.15) is 16.1 Å². The number of carbonyl (C=O) groups is 2. The SMILES string of the molecule is Cc1cc2nnc(SCC(=O)N3CCN(C(=O)c4ccco4)CC3)n2c2ccccc12. The maximum Gasteiger partial charge on any atom is 0.289 e. The monoisotopic (exact) mass is 435 g/mol. The van der Waals surface area contributed by atoms with Crippen molar-refractivity contribution < 1.29 is 14.0 Å². The molecule has 0 spiro atoms. The minimum Gasteiger partial charge on any atom is -0.459 e. The van der Waals surface area contributed by atoms with Gasteiger partial charge in [0, 0.05) is 31.6 Å². The van der Waals surface area contributed by atoms with Gasteiger partial charge in [-0.2, -0.15) is 0 Å². The molecule has 0 unspecified atom stereocenters. The summed E-state index contributed by atoms with van der Waals surface area (Å²) in [6.07, 6.45) is 1.49. The molecule has 0 atom stereocenters. The second-order valence-corrected chi connectivity index (χ2v) is 8.40. The lowest BCUT2D eigenvalue weighted by Crippen LogP contribution is -2.51. The molecule has 3 aromatic heterocycles. The third-order valence-corrected chi connectivity index (χ3v) is 6.46. The zero-order chi connectivity index (χ0) is 21.4. The largest absolute Gasteiger partial charge is 0.459 e. The topological polar surface area (TPSA) is 84.0 Å². The first-order valence-electron chi connectivity index (χ1n) is 10.1. The third-order valence-electron chi connectivity index (χ3n) is 5.55. The second-order valence-electron chi connectivity index (χ2n) is 7.46. The normalized spacial score (nSPS) is 14.5. The highest BCUT2D eigenvalue weighted by Crippen LogP contribution is 2.26. The molecule has 1 aliphatic heterocycles. The average Bonchev–Trinajstić information content (AvgIpc) is 3.48. The van der Waals surface area contributed by atoms with Gasteiger partial charge in [-0.25, -0.2) is 0 Å². The molecule has 0 aliphatic carbocycles. The molecule has 158 valence electrons. The van der Waals surface area contributed by atoms with Crippen LogP contribution in [0, 0.1) is 6.92 Å². The van der Waals surface area contributed by atoms with Gasteiger partial charge in [0.25, 0.3) is 5.91 Å². The van der Waals surface area contributed by atoms with Gasteiger partial charge in [0.05, 0.1) is 17.5 Å². The van der Waals surface area contributed by atoms with Crippen LogP contribution in [0.25, 0.3) is 16.6 Å². The minimum absolute atomic E-state index is 0.0308. The van der Waals surface area contributed by atoms with Gasteiger partial charge in [-0.05, 0) is 36.8 Å².